The van der Waals surface area contributed by atoms with Crippen LogP contribution in [-0.2, 0) is 4.79 Å². The summed E-state index contributed by atoms with van der Waals surface area (Å²) in [6.07, 6.45) is 2.02. The van der Waals surface area contributed by atoms with Gasteiger partial charge in [0.25, 0.3) is 0 Å². The quantitative estimate of drug-likeness (QED) is 0.835. The topological polar surface area (TPSA) is 73.9 Å². The summed E-state index contributed by atoms with van der Waals surface area (Å²) in [6.45, 7) is 3.51. The van der Waals surface area contributed by atoms with Crippen LogP contribution in [0.4, 0.5) is 10.5 Å². The van der Waals surface area contributed by atoms with Crippen LogP contribution in [0.25, 0.3) is 0 Å². The standard InChI is InChI=1S/C17H24N4O3/c1-24-15-4-2-3-14(11-15)21-9-7-20(8-10-21)12-16(22)19-17(23)18-13-5-6-13/h2-4,11,13H,5-10,12H2,1H3,(H2,18,19,22,23). The number of rotatable bonds is 5. The van der Waals surface area contributed by atoms with Crippen molar-refractivity contribution in [2.24, 2.45) is 0 Å². The molecule has 2 N–H and O–H groups in total. The van der Waals surface area contributed by atoms with Crippen LogP contribution in [-0.4, -0.2) is 62.7 Å². The first kappa shape index (κ1) is 16.6. The Morgan fingerprint density at radius 1 is 1.21 bits per heavy atom. The lowest BCUT2D eigenvalue weighted by Crippen LogP contribution is -2.51. The van der Waals surface area contributed by atoms with Crippen molar-refractivity contribution in [3.8, 4) is 5.75 Å². The van der Waals surface area contributed by atoms with E-state index < -0.39 is 0 Å². The van der Waals surface area contributed by atoms with Crippen LogP contribution in [0.5, 0.6) is 5.75 Å². The number of carbonyl (C=O) groups is 2. The molecule has 1 aromatic rings. The van der Waals surface area contributed by atoms with Gasteiger partial charge < -0.3 is 15.0 Å². The molecule has 24 heavy (non-hydrogen) atoms. The van der Waals surface area contributed by atoms with E-state index in [2.05, 4.69) is 26.5 Å². The number of hydrogen-bond donors (Lipinski definition) is 2. The van der Waals surface area contributed by atoms with Crippen molar-refractivity contribution in [2.75, 3.05) is 44.7 Å². The summed E-state index contributed by atoms with van der Waals surface area (Å²) in [7, 11) is 1.66. The fraction of sp³-hybridized carbons (Fsp3) is 0.529. The summed E-state index contributed by atoms with van der Waals surface area (Å²) in [5, 5.41) is 5.15. The zero-order chi connectivity index (χ0) is 16.9. The Kier molecular flexibility index (Phi) is 5.20. The molecule has 2 fully saturated rings. The Labute approximate surface area is 141 Å². The lowest BCUT2D eigenvalue weighted by Gasteiger charge is -2.35. The van der Waals surface area contributed by atoms with E-state index in [9.17, 15) is 9.59 Å². The first-order valence-electron chi connectivity index (χ1n) is 8.36. The Bertz CT molecular complexity index is 595. The molecule has 0 radical (unpaired) electrons. The number of nitrogens with zero attached hydrogens (tertiary/aromatic N) is 2. The van der Waals surface area contributed by atoms with Crippen molar-refractivity contribution in [1.82, 2.24) is 15.5 Å². The fourth-order valence-corrected chi connectivity index (χ4v) is 2.79. The number of carbonyl (C=O) groups excluding carboxylic acids is 2. The normalized spacial score (nSPS) is 18.1. The number of piperazine rings is 1. The van der Waals surface area contributed by atoms with Gasteiger partial charge in [-0.3, -0.25) is 15.0 Å². The number of urea groups is 1. The fourth-order valence-electron chi connectivity index (χ4n) is 2.79. The number of nitrogens with one attached hydrogen (secondary N) is 2. The van der Waals surface area contributed by atoms with Gasteiger partial charge in [0.1, 0.15) is 5.75 Å². The molecule has 1 aliphatic carbocycles. The third-order valence-corrected chi connectivity index (χ3v) is 4.32. The van der Waals surface area contributed by atoms with E-state index >= 15 is 0 Å². The zero-order valence-corrected chi connectivity index (χ0v) is 14.0. The van der Waals surface area contributed by atoms with Crippen LogP contribution in [0.3, 0.4) is 0 Å². The smallest absolute Gasteiger partial charge is 0.321 e. The molecule has 0 bridgehead atoms. The van der Waals surface area contributed by atoms with Crippen LogP contribution in [0.1, 0.15) is 12.8 Å². The first-order valence-corrected chi connectivity index (χ1v) is 8.36. The van der Waals surface area contributed by atoms with E-state index in [-0.39, 0.29) is 24.5 Å². The van der Waals surface area contributed by atoms with Crippen molar-refractivity contribution in [1.29, 1.82) is 0 Å². The molecule has 0 aromatic heterocycles. The van der Waals surface area contributed by atoms with Gasteiger partial charge in [-0.1, -0.05) is 6.07 Å². The molecule has 1 aliphatic heterocycles. The van der Waals surface area contributed by atoms with Gasteiger partial charge in [0, 0.05) is 44.0 Å². The average Bonchev–Trinajstić information content (AvgIpc) is 3.39. The van der Waals surface area contributed by atoms with E-state index in [0.29, 0.717) is 0 Å². The lowest BCUT2D eigenvalue weighted by atomic mass is 10.2. The zero-order valence-electron chi connectivity index (χ0n) is 14.0. The van der Waals surface area contributed by atoms with Crippen LogP contribution in [0.15, 0.2) is 24.3 Å². The Morgan fingerprint density at radius 3 is 2.62 bits per heavy atom. The summed E-state index contributed by atoms with van der Waals surface area (Å²) >= 11 is 0. The second-order valence-electron chi connectivity index (χ2n) is 6.26. The number of methoxy groups -OCH3 is 1. The second kappa shape index (κ2) is 7.53. The van der Waals surface area contributed by atoms with Gasteiger partial charge in [-0.05, 0) is 25.0 Å². The predicted molar refractivity (Wildman–Crippen MR) is 91.3 cm³/mol. The molecule has 0 unspecified atom stereocenters. The van der Waals surface area contributed by atoms with Crippen molar-refractivity contribution in [2.45, 2.75) is 18.9 Å². The highest BCUT2D eigenvalue weighted by atomic mass is 16.5. The lowest BCUT2D eigenvalue weighted by molar-refractivity contribution is -0.121. The van der Waals surface area contributed by atoms with Gasteiger partial charge in [0.2, 0.25) is 5.91 Å². The molecule has 0 atom stereocenters. The summed E-state index contributed by atoms with van der Waals surface area (Å²) < 4.78 is 5.26. The molecular weight excluding hydrogens is 308 g/mol. The van der Waals surface area contributed by atoms with Crippen molar-refractivity contribution < 1.29 is 14.3 Å². The largest absolute Gasteiger partial charge is 0.497 e. The van der Waals surface area contributed by atoms with Gasteiger partial charge in [0.15, 0.2) is 0 Å². The maximum Gasteiger partial charge on any atom is 0.321 e. The molecule has 1 saturated carbocycles. The van der Waals surface area contributed by atoms with Gasteiger partial charge in [0.05, 0.1) is 13.7 Å². The highest BCUT2D eigenvalue weighted by Crippen LogP contribution is 2.22. The van der Waals surface area contributed by atoms with E-state index in [0.717, 1.165) is 50.5 Å². The molecule has 1 heterocycles. The van der Waals surface area contributed by atoms with Gasteiger partial charge >= 0.3 is 6.03 Å². The average molecular weight is 332 g/mol. The summed E-state index contributed by atoms with van der Waals surface area (Å²) in [5.74, 6) is 0.596. The van der Waals surface area contributed by atoms with Crippen molar-refractivity contribution >= 4 is 17.6 Å². The van der Waals surface area contributed by atoms with Crippen molar-refractivity contribution in [3.05, 3.63) is 24.3 Å². The van der Waals surface area contributed by atoms with Crippen LogP contribution >= 0.6 is 0 Å². The Morgan fingerprint density at radius 2 is 1.96 bits per heavy atom. The van der Waals surface area contributed by atoms with E-state index in [1.54, 1.807) is 7.11 Å². The van der Waals surface area contributed by atoms with E-state index in [1.807, 2.05) is 18.2 Å². The van der Waals surface area contributed by atoms with Gasteiger partial charge in [-0.15, -0.1) is 0 Å². The SMILES string of the molecule is COc1cccc(N2CCN(CC(=O)NC(=O)NC3CC3)CC2)c1. The molecule has 7 heteroatoms. The summed E-state index contributed by atoms with van der Waals surface area (Å²) in [4.78, 5) is 27.8. The summed E-state index contributed by atoms with van der Waals surface area (Å²) in [5.41, 5.74) is 1.13. The maximum absolute atomic E-state index is 11.9. The number of hydrogen-bond acceptors (Lipinski definition) is 5. The van der Waals surface area contributed by atoms with E-state index in [4.69, 9.17) is 4.74 Å². The van der Waals surface area contributed by atoms with Gasteiger partial charge in [-0.2, -0.15) is 0 Å². The minimum Gasteiger partial charge on any atom is -0.497 e. The molecule has 130 valence electrons. The molecule has 7 nitrogen and oxygen atoms in total. The second-order valence-corrected chi connectivity index (χ2v) is 6.26. The van der Waals surface area contributed by atoms with Crippen LogP contribution in [0.2, 0.25) is 0 Å². The van der Waals surface area contributed by atoms with Gasteiger partial charge in [-0.25, -0.2) is 4.79 Å². The molecule has 2 aliphatic rings. The summed E-state index contributed by atoms with van der Waals surface area (Å²) in [6, 6.07) is 7.86. The maximum atomic E-state index is 11.9. The molecule has 1 aromatic carbocycles. The highest BCUT2D eigenvalue weighted by molar-refractivity contribution is 5.95. The van der Waals surface area contributed by atoms with Crippen molar-refractivity contribution in [3.63, 3.8) is 0 Å². The van der Waals surface area contributed by atoms with E-state index in [1.165, 1.54) is 0 Å². The monoisotopic (exact) mass is 332 g/mol. The molecular formula is C17H24N4O3. The first-order chi connectivity index (χ1) is 11.6. The predicted octanol–water partition coefficient (Wildman–Crippen LogP) is 0.805. The molecule has 1 saturated heterocycles. The number of benzene rings is 1. The third-order valence-electron chi connectivity index (χ3n) is 4.32. The van der Waals surface area contributed by atoms with Crippen LogP contribution in [0, 0.1) is 0 Å². The number of ether oxygens (including phenoxy) is 1. The number of anilines is 1. The Hall–Kier alpha value is -2.28. The van der Waals surface area contributed by atoms with Crippen LogP contribution < -0.4 is 20.3 Å². The third kappa shape index (κ3) is 4.61. The number of imide groups is 1. The molecule has 3 rings (SSSR count). The minimum absolute atomic E-state index is 0.247. The molecule has 3 amide bonds. The number of amides is 3. The molecule has 0 spiro atoms. The highest BCUT2D eigenvalue weighted by Gasteiger charge is 2.25. The minimum atomic E-state index is -0.377. The Balaban J connectivity index is 1.42.